The minimum absolute atomic E-state index is 0.0149. The van der Waals surface area contributed by atoms with Crippen molar-refractivity contribution in [3.05, 3.63) is 82.4 Å². The molecular formula is C35H43ClN2O10. The fourth-order valence-electron chi connectivity index (χ4n) is 4.77. The summed E-state index contributed by atoms with van der Waals surface area (Å²) in [6.45, 7) is 8.59. The number of rotatable bonds is 13. The highest BCUT2D eigenvalue weighted by atomic mass is 35.5. The number of benzene rings is 3. The maximum Gasteiger partial charge on any atom is 0.335 e. The van der Waals surface area contributed by atoms with Crippen molar-refractivity contribution >= 4 is 35.1 Å². The SMILES string of the molecule is CC(=O)NCCCOc1cccc(C(=O)O)c1.COc1cccc(C2OCON(CC(C)(C)COC(C)=O)c3ccc(Cl)cc32)c1OC. The lowest BCUT2D eigenvalue weighted by Crippen LogP contribution is -2.37. The van der Waals surface area contributed by atoms with E-state index >= 15 is 0 Å². The van der Waals surface area contributed by atoms with Gasteiger partial charge in [-0.05, 0) is 48.9 Å². The number of anilines is 1. The van der Waals surface area contributed by atoms with E-state index in [9.17, 15) is 14.4 Å². The van der Waals surface area contributed by atoms with Crippen LogP contribution in [-0.4, -0.2) is 70.3 Å². The van der Waals surface area contributed by atoms with E-state index in [-0.39, 0.29) is 36.3 Å². The van der Waals surface area contributed by atoms with Crippen LogP contribution in [0.2, 0.25) is 5.02 Å². The Balaban J connectivity index is 0.000000311. The lowest BCUT2D eigenvalue weighted by atomic mass is 9.93. The summed E-state index contributed by atoms with van der Waals surface area (Å²) >= 11 is 6.35. The third kappa shape index (κ3) is 11.3. The Morgan fingerprint density at radius 2 is 1.77 bits per heavy atom. The van der Waals surface area contributed by atoms with E-state index in [1.807, 2.05) is 44.2 Å². The van der Waals surface area contributed by atoms with Gasteiger partial charge in [0.25, 0.3) is 0 Å². The van der Waals surface area contributed by atoms with Gasteiger partial charge in [0.2, 0.25) is 5.91 Å². The van der Waals surface area contributed by atoms with Gasteiger partial charge in [0, 0.05) is 42.0 Å². The Bertz CT molecular complexity index is 1550. The van der Waals surface area contributed by atoms with Gasteiger partial charge in [-0.2, -0.15) is 0 Å². The van der Waals surface area contributed by atoms with Crippen LogP contribution in [-0.2, 0) is 23.9 Å². The van der Waals surface area contributed by atoms with Gasteiger partial charge in [0.05, 0.1) is 45.2 Å². The van der Waals surface area contributed by atoms with Crippen LogP contribution in [0.5, 0.6) is 17.2 Å². The van der Waals surface area contributed by atoms with Crippen molar-refractivity contribution in [3.63, 3.8) is 0 Å². The van der Waals surface area contributed by atoms with Gasteiger partial charge in [0.15, 0.2) is 18.3 Å². The largest absolute Gasteiger partial charge is 0.494 e. The minimum atomic E-state index is -0.978. The van der Waals surface area contributed by atoms with Crippen LogP contribution in [0.1, 0.15) is 61.7 Å². The first kappa shape index (κ1) is 37.9. The van der Waals surface area contributed by atoms with Crippen LogP contribution in [0.3, 0.4) is 0 Å². The molecule has 260 valence electrons. The number of carboxylic acid groups (broad SMARTS) is 1. The second-order valence-electron chi connectivity index (χ2n) is 11.6. The number of hydroxylamine groups is 1. The van der Waals surface area contributed by atoms with E-state index in [1.54, 1.807) is 37.5 Å². The molecule has 3 aromatic carbocycles. The molecular weight excluding hydrogens is 644 g/mol. The van der Waals surface area contributed by atoms with E-state index in [0.29, 0.717) is 48.4 Å². The van der Waals surface area contributed by atoms with Gasteiger partial charge in [0.1, 0.15) is 11.9 Å². The molecule has 0 aromatic heterocycles. The van der Waals surface area contributed by atoms with E-state index in [2.05, 4.69) is 5.32 Å². The van der Waals surface area contributed by atoms with E-state index < -0.39 is 12.1 Å². The molecule has 0 aliphatic carbocycles. The first-order valence-electron chi connectivity index (χ1n) is 15.2. The zero-order valence-corrected chi connectivity index (χ0v) is 28.8. The Kier molecular flexibility index (Phi) is 14.3. The first-order valence-corrected chi connectivity index (χ1v) is 15.6. The molecule has 0 spiro atoms. The average Bonchev–Trinajstić information content (AvgIpc) is 3.21. The maximum atomic E-state index is 11.3. The molecule has 48 heavy (non-hydrogen) atoms. The van der Waals surface area contributed by atoms with Crippen LogP contribution < -0.4 is 24.6 Å². The molecule has 0 radical (unpaired) electrons. The van der Waals surface area contributed by atoms with Crippen LogP contribution in [0, 0.1) is 5.41 Å². The molecule has 4 rings (SSSR count). The number of carboxylic acids is 1. The third-order valence-electron chi connectivity index (χ3n) is 6.98. The molecule has 0 fully saturated rings. The number of nitrogens with one attached hydrogen (secondary N) is 1. The summed E-state index contributed by atoms with van der Waals surface area (Å²) in [6, 6.07) is 17.5. The molecule has 1 aliphatic rings. The fourth-order valence-corrected chi connectivity index (χ4v) is 4.95. The van der Waals surface area contributed by atoms with Gasteiger partial charge in [-0.1, -0.05) is 43.6 Å². The molecule has 1 heterocycles. The first-order chi connectivity index (χ1) is 22.8. The quantitative estimate of drug-likeness (QED) is 0.160. The molecule has 3 aromatic rings. The monoisotopic (exact) mass is 686 g/mol. The fraction of sp³-hybridized carbons (Fsp3) is 0.400. The molecule has 12 nitrogen and oxygen atoms in total. The Hall–Kier alpha value is -4.52. The molecule has 0 bridgehead atoms. The number of hydrogen-bond acceptors (Lipinski definition) is 10. The number of carbonyl (C=O) groups excluding carboxylic acids is 2. The smallest absolute Gasteiger partial charge is 0.335 e. The standard InChI is InChI=1S/C23H28ClNO6.C12H15NO4/c1-15(26)29-13-23(2,3)12-25-19-10-9-16(24)11-18(19)21(30-14-31-25)17-7-6-8-20(27-4)22(17)28-5;1-9(14)13-6-3-7-17-11-5-2-4-10(8-11)12(15)16/h6-11,21H,12-14H2,1-5H3;2,4-5,8H,3,6-7H2,1H3,(H,13,14)(H,15,16). The average molecular weight is 687 g/mol. The lowest BCUT2D eigenvalue weighted by Gasteiger charge is -2.32. The number of ether oxygens (including phenoxy) is 5. The summed E-state index contributed by atoms with van der Waals surface area (Å²) in [6.07, 6.45) is 0.192. The van der Waals surface area contributed by atoms with Crippen molar-refractivity contribution < 1.29 is 48.0 Å². The van der Waals surface area contributed by atoms with Crippen molar-refractivity contribution in [1.29, 1.82) is 0 Å². The maximum absolute atomic E-state index is 11.3. The van der Waals surface area contributed by atoms with Gasteiger partial charge >= 0.3 is 11.9 Å². The number of para-hydroxylation sites is 1. The third-order valence-corrected chi connectivity index (χ3v) is 7.22. The minimum Gasteiger partial charge on any atom is -0.494 e. The van der Waals surface area contributed by atoms with Crippen molar-refractivity contribution in [2.45, 2.75) is 40.2 Å². The summed E-state index contributed by atoms with van der Waals surface area (Å²) in [4.78, 5) is 38.5. The van der Waals surface area contributed by atoms with Crippen molar-refractivity contribution in [3.8, 4) is 17.2 Å². The van der Waals surface area contributed by atoms with Gasteiger partial charge in [-0.15, -0.1) is 0 Å². The van der Waals surface area contributed by atoms with E-state index in [1.165, 1.54) is 26.0 Å². The van der Waals surface area contributed by atoms with E-state index in [4.69, 9.17) is 45.2 Å². The summed E-state index contributed by atoms with van der Waals surface area (Å²) in [5, 5.41) is 13.8. The molecule has 0 saturated heterocycles. The zero-order chi connectivity index (χ0) is 35.3. The Morgan fingerprint density at radius 3 is 2.44 bits per heavy atom. The highest BCUT2D eigenvalue weighted by molar-refractivity contribution is 6.30. The van der Waals surface area contributed by atoms with Gasteiger partial charge in [-0.25, -0.2) is 9.63 Å². The molecule has 1 unspecified atom stereocenters. The number of esters is 1. The molecule has 13 heteroatoms. The predicted molar refractivity (Wildman–Crippen MR) is 180 cm³/mol. The van der Waals surface area contributed by atoms with Crippen LogP contribution >= 0.6 is 11.6 Å². The lowest BCUT2D eigenvalue weighted by molar-refractivity contribution is -0.144. The normalized spacial score (nSPS) is 14.0. The predicted octanol–water partition coefficient (Wildman–Crippen LogP) is 6.05. The highest BCUT2D eigenvalue weighted by Gasteiger charge is 2.32. The second kappa shape index (κ2) is 18.1. The number of halogens is 1. The van der Waals surface area contributed by atoms with E-state index in [0.717, 1.165) is 16.8 Å². The van der Waals surface area contributed by atoms with Crippen LogP contribution in [0.25, 0.3) is 0 Å². The topological polar surface area (TPSA) is 142 Å². The number of amides is 1. The number of nitrogens with zero attached hydrogens (tertiary/aromatic N) is 1. The molecule has 1 atom stereocenters. The number of fused-ring (bicyclic) bond motifs is 1. The number of methoxy groups -OCH3 is 2. The Labute approximate surface area is 285 Å². The molecule has 1 aliphatic heterocycles. The summed E-state index contributed by atoms with van der Waals surface area (Å²) in [7, 11) is 3.19. The van der Waals surface area contributed by atoms with Crippen LogP contribution in [0.15, 0.2) is 60.7 Å². The van der Waals surface area contributed by atoms with Crippen molar-refractivity contribution in [2.75, 3.05) is 52.4 Å². The molecule has 0 saturated carbocycles. The van der Waals surface area contributed by atoms with Gasteiger partial charge < -0.3 is 34.1 Å². The highest BCUT2D eigenvalue weighted by Crippen LogP contribution is 2.44. The number of hydrogen-bond donors (Lipinski definition) is 2. The summed E-state index contributed by atoms with van der Waals surface area (Å²) < 4.78 is 27.8. The second-order valence-corrected chi connectivity index (χ2v) is 12.0. The Morgan fingerprint density at radius 1 is 1.02 bits per heavy atom. The number of aromatic carboxylic acids is 1. The zero-order valence-electron chi connectivity index (χ0n) is 28.0. The van der Waals surface area contributed by atoms with Gasteiger partial charge in [-0.3, -0.25) is 14.7 Å². The van der Waals surface area contributed by atoms with Crippen molar-refractivity contribution in [2.24, 2.45) is 5.41 Å². The number of carbonyl (C=O) groups is 3. The summed E-state index contributed by atoms with van der Waals surface area (Å²) in [5.41, 5.74) is 2.28. The van der Waals surface area contributed by atoms with Crippen LogP contribution in [0.4, 0.5) is 5.69 Å². The molecule has 2 N–H and O–H groups in total. The summed E-state index contributed by atoms with van der Waals surface area (Å²) in [5.74, 6) is 0.353. The van der Waals surface area contributed by atoms with Crippen molar-refractivity contribution in [1.82, 2.24) is 5.32 Å². The molecule has 1 amide bonds.